The van der Waals surface area contributed by atoms with Crippen molar-refractivity contribution in [3.63, 3.8) is 0 Å². The highest BCUT2D eigenvalue weighted by molar-refractivity contribution is 7.09. The molecule has 0 unspecified atom stereocenters. The average molecular weight is 273 g/mol. The Kier molecular flexibility index (Phi) is 3.62. The number of aromatic nitrogens is 2. The number of nitrogens with zero attached hydrogens (tertiary/aromatic N) is 3. The molecule has 0 radical (unpaired) electrons. The van der Waals surface area contributed by atoms with Crippen LogP contribution in [0.25, 0.3) is 0 Å². The second-order valence-corrected chi connectivity index (χ2v) is 6.43. The van der Waals surface area contributed by atoms with Crippen molar-refractivity contribution in [2.24, 2.45) is 0 Å². The van der Waals surface area contributed by atoms with Gasteiger partial charge in [-0.2, -0.15) is 0 Å². The van der Waals surface area contributed by atoms with Crippen LogP contribution in [0.15, 0.2) is 23.7 Å². The summed E-state index contributed by atoms with van der Waals surface area (Å²) in [5.41, 5.74) is 2.55. The van der Waals surface area contributed by atoms with Gasteiger partial charge >= 0.3 is 0 Å². The molecular weight excluding hydrogens is 254 g/mol. The van der Waals surface area contributed by atoms with Crippen molar-refractivity contribution in [3.05, 3.63) is 45.7 Å². The molecule has 3 heterocycles. The summed E-state index contributed by atoms with van der Waals surface area (Å²) in [5, 5.41) is 2.14. The topological polar surface area (TPSA) is 29.0 Å². The highest BCUT2D eigenvalue weighted by atomic mass is 32.1. The van der Waals surface area contributed by atoms with Crippen molar-refractivity contribution in [2.45, 2.75) is 39.3 Å². The fourth-order valence-electron chi connectivity index (χ4n) is 2.43. The van der Waals surface area contributed by atoms with Crippen LogP contribution in [0.3, 0.4) is 0 Å². The molecule has 100 valence electrons. The van der Waals surface area contributed by atoms with E-state index in [1.54, 1.807) is 0 Å². The lowest BCUT2D eigenvalue weighted by Gasteiger charge is -2.27. The van der Waals surface area contributed by atoms with E-state index in [2.05, 4.69) is 41.2 Å². The van der Waals surface area contributed by atoms with Gasteiger partial charge in [0.15, 0.2) is 0 Å². The van der Waals surface area contributed by atoms with E-state index >= 15 is 0 Å². The molecule has 0 atom stereocenters. The van der Waals surface area contributed by atoms with E-state index in [4.69, 9.17) is 4.98 Å². The van der Waals surface area contributed by atoms with Gasteiger partial charge in [-0.1, -0.05) is 19.9 Å². The zero-order chi connectivity index (χ0) is 13.2. The molecule has 4 heteroatoms. The highest BCUT2D eigenvalue weighted by Gasteiger charge is 2.19. The molecule has 0 N–H and O–H groups in total. The minimum Gasteiger partial charge on any atom is -0.294 e. The molecule has 0 amide bonds. The Morgan fingerprint density at radius 2 is 2.32 bits per heavy atom. The van der Waals surface area contributed by atoms with Crippen LogP contribution in [0.2, 0.25) is 0 Å². The summed E-state index contributed by atoms with van der Waals surface area (Å²) in [6, 6.07) is 4.33. The van der Waals surface area contributed by atoms with Gasteiger partial charge < -0.3 is 0 Å². The molecule has 19 heavy (non-hydrogen) atoms. The summed E-state index contributed by atoms with van der Waals surface area (Å²) in [5.74, 6) is 1.39. The van der Waals surface area contributed by atoms with Gasteiger partial charge in [-0.05, 0) is 11.4 Å². The zero-order valence-electron chi connectivity index (χ0n) is 11.5. The minimum absolute atomic E-state index is 0.412. The fourth-order valence-corrected chi connectivity index (χ4v) is 3.17. The van der Waals surface area contributed by atoms with Crippen molar-refractivity contribution in [2.75, 3.05) is 6.54 Å². The fraction of sp³-hybridized carbons (Fsp3) is 0.467. The molecule has 3 nitrogen and oxygen atoms in total. The van der Waals surface area contributed by atoms with Crippen molar-refractivity contribution in [1.29, 1.82) is 0 Å². The van der Waals surface area contributed by atoms with E-state index in [9.17, 15) is 0 Å². The maximum Gasteiger partial charge on any atom is 0.131 e. The second-order valence-electron chi connectivity index (χ2n) is 5.39. The molecule has 0 saturated carbocycles. The van der Waals surface area contributed by atoms with Crippen LogP contribution < -0.4 is 0 Å². The van der Waals surface area contributed by atoms with E-state index in [1.165, 1.54) is 16.1 Å². The monoisotopic (exact) mass is 273 g/mol. The van der Waals surface area contributed by atoms with Gasteiger partial charge in [0.05, 0.1) is 0 Å². The van der Waals surface area contributed by atoms with Crippen molar-refractivity contribution in [3.8, 4) is 0 Å². The number of thiophene rings is 1. The van der Waals surface area contributed by atoms with Crippen LogP contribution in [-0.4, -0.2) is 21.4 Å². The molecule has 2 aromatic heterocycles. The molecule has 0 bridgehead atoms. The molecule has 0 aliphatic carbocycles. The van der Waals surface area contributed by atoms with Gasteiger partial charge in [0.2, 0.25) is 0 Å². The van der Waals surface area contributed by atoms with E-state index in [-0.39, 0.29) is 0 Å². The molecule has 1 aliphatic rings. The quantitative estimate of drug-likeness (QED) is 0.860. The molecule has 0 fully saturated rings. The predicted octanol–water partition coefficient (Wildman–Crippen LogP) is 3.22. The number of rotatable bonds is 3. The third-order valence-corrected chi connectivity index (χ3v) is 4.37. The second kappa shape index (κ2) is 5.39. The Balaban J connectivity index is 1.73. The van der Waals surface area contributed by atoms with Crippen LogP contribution in [0, 0.1) is 0 Å². The van der Waals surface area contributed by atoms with Gasteiger partial charge in [0, 0.05) is 54.3 Å². The Morgan fingerprint density at radius 3 is 3.05 bits per heavy atom. The smallest absolute Gasteiger partial charge is 0.131 e. The first-order chi connectivity index (χ1) is 9.22. The Morgan fingerprint density at radius 1 is 1.42 bits per heavy atom. The lowest BCUT2D eigenvalue weighted by molar-refractivity contribution is 0.244. The van der Waals surface area contributed by atoms with Crippen LogP contribution in [0.1, 0.15) is 41.7 Å². The normalized spacial score (nSPS) is 15.7. The van der Waals surface area contributed by atoms with Gasteiger partial charge in [-0.15, -0.1) is 11.3 Å². The summed E-state index contributed by atoms with van der Waals surface area (Å²) >= 11 is 1.83. The van der Waals surface area contributed by atoms with Gasteiger partial charge in [0.1, 0.15) is 5.82 Å². The summed E-state index contributed by atoms with van der Waals surface area (Å²) < 4.78 is 0. The first-order valence-corrected chi connectivity index (χ1v) is 7.70. The molecule has 3 rings (SSSR count). The van der Waals surface area contributed by atoms with Crippen molar-refractivity contribution in [1.82, 2.24) is 14.9 Å². The van der Waals surface area contributed by atoms with Gasteiger partial charge in [-0.25, -0.2) is 9.97 Å². The molecule has 0 aromatic carbocycles. The Labute approximate surface area is 118 Å². The van der Waals surface area contributed by atoms with Crippen LogP contribution in [-0.2, 0) is 19.5 Å². The van der Waals surface area contributed by atoms with E-state index in [0.29, 0.717) is 5.92 Å². The number of fused-ring (bicyclic) bond motifs is 1. The van der Waals surface area contributed by atoms with Crippen LogP contribution in [0.4, 0.5) is 0 Å². The molecule has 1 aliphatic heterocycles. The summed E-state index contributed by atoms with van der Waals surface area (Å²) in [6.07, 6.45) is 3.07. The van der Waals surface area contributed by atoms with E-state index in [1.807, 2.05) is 17.5 Å². The Hall–Kier alpha value is -1.26. The molecule has 0 spiro atoms. The lowest BCUT2D eigenvalue weighted by atomic mass is 10.1. The minimum atomic E-state index is 0.412. The van der Waals surface area contributed by atoms with E-state index in [0.717, 1.165) is 31.9 Å². The van der Waals surface area contributed by atoms with E-state index < -0.39 is 0 Å². The predicted molar refractivity (Wildman–Crippen MR) is 78.3 cm³/mol. The van der Waals surface area contributed by atoms with Crippen LogP contribution >= 0.6 is 11.3 Å². The number of hydrogen-bond donors (Lipinski definition) is 0. The Bertz CT molecular complexity index is 549. The molecule has 2 aromatic rings. The summed E-state index contributed by atoms with van der Waals surface area (Å²) in [6.45, 7) is 7.41. The SMILES string of the molecule is CC(C)c1ncc2c(n1)CCN(Cc1cccs1)C2. The maximum absolute atomic E-state index is 4.71. The highest BCUT2D eigenvalue weighted by Crippen LogP contribution is 2.21. The summed E-state index contributed by atoms with van der Waals surface area (Å²) in [7, 11) is 0. The van der Waals surface area contributed by atoms with Crippen molar-refractivity contribution < 1.29 is 0 Å². The average Bonchev–Trinajstić information content (AvgIpc) is 2.91. The largest absolute Gasteiger partial charge is 0.294 e. The standard InChI is InChI=1S/C15H19N3S/c1-11(2)15-16-8-12-9-18(6-5-14(12)17-15)10-13-4-3-7-19-13/h3-4,7-8,11H,5-6,9-10H2,1-2H3. The molecule has 0 saturated heterocycles. The third kappa shape index (κ3) is 2.85. The lowest BCUT2D eigenvalue weighted by Crippen LogP contribution is -2.30. The molecular formula is C15H19N3S. The first-order valence-electron chi connectivity index (χ1n) is 6.82. The third-order valence-electron chi connectivity index (χ3n) is 3.51. The van der Waals surface area contributed by atoms with Gasteiger partial charge in [0.25, 0.3) is 0 Å². The summed E-state index contributed by atoms with van der Waals surface area (Å²) in [4.78, 5) is 13.1. The zero-order valence-corrected chi connectivity index (χ0v) is 12.3. The van der Waals surface area contributed by atoms with Crippen LogP contribution in [0.5, 0.6) is 0 Å². The van der Waals surface area contributed by atoms with Crippen molar-refractivity contribution >= 4 is 11.3 Å². The maximum atomic E-state index is 4.71. The number of hydrogen-bond acceptors (Lipinski definition) is 4. The van der Waals surface area contributed by atoms with Gasteiger partial charge in [-0.3, -0.25) is 4.90 Å². The first kappa shape index (κ1) is 12.8.